The highest BCUT2D eigenvalue weighted by Crippen LogP contribution is 2.16. The predicted octanol–water partition coefficient (Wildman–Crippen LogP) is 4.32. The van der Waals surface area contributed by atoms with Gasteiger partial charge in [-0.1, -0.05) is 29.8 Å². The van der Waals surface area contributed by atoms with Crippen LogP contribution in [0.5, 0.6) is 11.5 Å². The summed E-state index contributed by atoms with van der Waals surface area (Å²) in [6.07, 6.45) is 0.424. The van der Waals surface area contributed by atoms with Crippen LogP contribution in [0.25, 0.3) is 0 Å². The van der Waals surface area contributed by atoms with E-state index in [0.29, 0.717) is 53.4 Å². The summed E-state index contributed by atoms with van der Waals surface area (Å²) in [5.41, 5.74) is 0.598. The van der Waals surface area contributed by atoms with Crippen molar-refractivity contribution in [3.05, 3.63) is 70.9 Å². The van der Waals surface area contributed by atoms with Crippen LogP contribution < -0.4 is 14.8 Å². The Hall–Kier alpha value is -2.70. The molecule has 0 spiro atoms. The van der Waals surface area contributed by atoms with Gasteiger partial charge in [-0.25, -0.2) is 0 Å². The van der Waals surface area contributed by atoms with Crippen LogP contribution in [-0.2, 0) is 9.59 Å². The van der Waals surface area contributed by atoms with Crippen LogP contribution in [-0.4, -0.2) is 43.0 Å². The van der Waals surface area contributed by atoms with Gasteiger partial charge in [0.15, 0.2) is 6.61 Å². The number of nitrogens with one attached hydrogen (secondary N) is 1. The molecule has 0 saturated heterocycles. The van der Waals surface area contributed by atoms with Gasteiger partial charge in [0.1, 0.15) is 18.1 Å². The van der Waals surface area contributed by atoms with E-state index in [4.69, 9.17) is 32.7 Å². The van der Waals surface area contributed by atoms with Crippen LogP contribution in [0.1, 0.15) is 13.3 Å². The SMILES string of the molecule is C=C(CCNC(=O)COc1ccc(Cl)cc1)N(CCOc1ccc(Cl)cc1)C(C)=O. The van der Waals surface area contributed by atoms with Crippen LogP contribution in [0, 0.1) is 0 Å². The van der Waals surface area contributed by atoms with Crippen molar-refractivity contribution in [1.29, 1.82) is 0 Å². The number of carbonyl (C=O) groups excluding carboxylic acids is 2. The maximum atomic E-state index is 11.9. The Labute approximate surface area is 186 Å². The molecule has 30 heavy (non-hydrogen) atoms. The van der Waals surface area contributed by atoms with Crippen molar-refractivity contribution < 1.29 is 19.1 Å². The molecule has 8 heteroatoms. The van der Waals surface area contributed by atoms with E-state index in [-0.39, 0.29) is 18.4 Å². The quantitative estimate of drug-likeness (QED) is 0.553. The third-order valence-corrected chi connectivity index (χ3v) is 4.58. The molecule has 0 atom stereocenters. The molecule has 0 aromatic heterocycles. The van der Waals surface area contributed by atoms with Gasteiger partial charge >= 0.3 is 0 Å². The second-order valence-corrected chi connectivity index (χ2v) is 7.25. The molecule has 2 amide bonds. The Bertz CT molecular complexity index is 854. The van der Waals surface area contributed by atoms with Crippen LogP contribution in [0.3, 0.4) is 0 Å². The first kappa shape index (κ1) is 23.6. The van der Waals surface area contributed by atoms with Gasteiger partial charge in [-0.2, -0.15) is 0 Å². The fourth-order valence-electron chi connectivity index (χ4n) is 2.54. The molecule has 0 unspecified atom stereocenters. The van der Waals surface area contributed by atoms with Crippen LogP contribution in [0.15, 0.2) is 60.8 Å². The smallest absolute Gasteiger partial charge is 0.257 e. The molecule has 0 heterocycles. The first-order valence-electron chi connectivity index (χ1n) is 9.34. The number of rotatable bonds is 11. The average Bonchev–Trinajstić information content (AvgIpc) is 2.71. The van der Waals surface area contributed by atoms with Crippen molar-refractivity contribution in [2.24, 2.45) is 0 Å². The standard InChI is InChI=1S/C22H24Cl2N2O4/c1-16(11-12-25-22(28)15-30-21-9-5-19(24)6-10-21)26(17(2)27)13-14-29-20-7-3-18(23)4-8-20/h3-10H,1,11-15H2,2H3,(H,25,28). The summed E-state index contributed by atoms with van der Waals surface area (Å²) in [4.78, 5) is 25.4. The lowest BCUT2D eigenvalue weighted by atomic mass is 10.3. The molecule has 0 aliphatic heterocycles. The largest absolute Gasteiger partial charge is 0.492 e. The van der Waals surface area contributed by atoms with Gasteiger partial charge in [0.25, 0.3) is 5.91 Å². The third kappa shape index (κ3) is 8.35. The molecule has 2 aromatic rings. The number of benzene rings is 2. The van der Waals surface area contributed by atoms with E-state index in [2.05, 4.69) is 11.9 Å². The molecule has 0 fully saturated rings. The number of ether oxygens (including phenoxy) is 2. The topological polar surface area (TPSA) is 67.9 Å². The summed E-state index contributed by atoms with van der Waals surface area (Å²) in [5.74, 6) is 0.819. The van der Waals surface area contributed by atoms with Gasteiger partial charge in [0, 0.05) is 35.6 Å². The number of nitrogens with zero attached hydrogens (tertiary/aromatic N) is 1. The molecule has 2 rings (SSSR count). The first-order valence-corrected chi connectivity index (χ1v) is 10.1. The zero-order chi connectivity index (χ0) is 21.9. The van der Waals surface area contributed by atoms with E-state index < -0.39 is 0 Å². The maximum Gasteiger partial charge on any atom is 0.257 e. The minimum atomic E-state index is -0.266. The molecule has 0 radical (unpaired) electrons. The molecule has 1 N–H and O–H groups in total. The fourth-order valence-corrected chi connectivity index (χ4v) is 2.79. The van der Waals surface area contributed by atoms with Gasteiger partial charge in [-0.05, 0) is 48.5 Å². The molecular formula is C22H24Cl2N2O4. The summed E-state index contributed by atoms with van der Waals surface area (Å²) < 4.78 is 11.0. The van der Waals surface area contributed by atoms with Crippen molar-refractivity contribution in [1.82, 2.24) is 10.2 Å². The minimum Gasteiger partial charge on any atom is -0.492 e. The highest BCUT2D eigenvalue weighted by molar-refractivity contribution is 6.30. The van der Waals surface area contributed by atoms with Crippen molar-refractivity contribution in [2.45, 2.75) is 13.3 Å². The Morgan fingerprint density at radius 1 is 0.967 bits per heavy atom. The van der Waals surface area contributed by atoms with E-state index in [1.165, 1.54) is 11.8 Å². The number of hydrogen-bond donors (Lipinski definition) is 1. The first-order chi connectivity index (χ1) is 14.3. The number of halogens is 2. The van der Waals surface area contributed by atoms with E-state index in [0.717, 1.165) is 0 Å². The van der Waals surface area contributed by atoms with Crippen molar-refractivity contribution in [3.63, 3.8) is 0 Å². The predicted molar refractivity (Wildman–Crippen MR) is 118 cm³/mol. The number of amides is 2. The molecule has 2 aromatic carbocycles. The monoisotopic (exact) mass is 450 g/mol. The zero-order valence-corrected chi connectivity index (χ0v) is 18.2. The lowest BCUT2D eigenvalue weighted by Crippen LogP contribution is -2.35. The number of hydrogen-bond acceptors (Lipinski definition) is 4. The Morgan fingerprint density at radius 2 is 1.50 bits per heavy atom. The minimum absolute atomic E-state index is 0.112. The van der Waals surface area contributed by atoms with Crippen LogP contribution in [0.2, 0.25) is 10.0 Å². The molecule has 6 nitrogen and oxygen atoms in total. The molecule has 0 aliphatic carbocycles. The average molecular weight is 451 g/mol. The highest BCUT2D eigenvalue weighted by Gasteiger charge is 2.13. The van der Waals surface area contributed by atoms with Gasteiger partial charge in [0.05, 0.1) is 6.54 Å². The molecular weight excluding hydrogens is 427 g/mol. The van der Waals surface area contributed by atoms with Gasteiger partial charge in [-0.15, -0.1) is 0 Å². The third-order valence-electron chi connectivity index (χ3n) is 4.08. The van der Waals surface area contributed by atoms with Crippen molar-refractivity contribution in [2.75, 3.05) is 26.3 Å². The Morgan fingerprint density at radius 3 is 2.03 bits per heavy atom. The summed E-state index contributed by atoms with van der Waals surface area (Å²) in [6.45, 7) is 6.30. The second-order valence-electron chi connectivity index (χ2n) is 6.38. The number of carbonyl (C=O) groups is 2. The van der Waals surface area contributed by atoms with Gasteiger partial charge < -0.3 is 19.7 Å². The van der Waals surface area contributed by atoms with Crippen molar-refractivity contribution >= 4 is 35.0 Å². The zero-order valence-electron chi connectivity index (χ0n) is 16.7. The van der Waals surface area contributed by atoms with Crippen LogP contribution >= 0.6 is 23.2 Å². The van der Waals surface area contributed by atoms with Crippen LogP contribution in [0.4, 0.5) is 0 Å². The summed E-state index contributed by atoms with van der Waals surface area (Å²) in [5, 5.41) is 3.97. The Kier molecular flexibility index (Phi) is 9.51. The summed E-state index contributed by atoms with van der Waals surface area (Å²) >= 11 is 11.6. The van der Waals surface area contributed by atoms with E-state index in [9.17, 15) is 9.59 Å². The van der Waals surface area contributed by atoms with Gasteiger partial charge in [-0.3, -0.25) is 9.59 Å². The van der Waals surface area contributed by atoms with Crippen molar-refractivity contribution in [3.8, 4) is 11.5 Å². The second kappa shape index (κ2) is 12.1. The molecule has 0 aliphatic rings. The van der Waals surface area contributed by atoms with E-state index in [1.54, 1.807) is 48.5 Å². The Balaban J connectivity index is 1.69. The summed E-state index contributed by atoms with van der Waals surface area (Å²) in [6, 6.07) is 13.7. The fraction of sp³-hybridized carbons (Fsp3) is 0.273. The lowest BCUT2D eigenvalue weighted by Gasteiger charge is -2.23. The van der Waals surface area contributed by atoms with E-state index in [1.807, 2.05) is 0 Å². The normalized spacial score (nSPS) is 10.2. The summed E-state index contributed by atoms with van der Waals surface area (Å²) in [7, 11) is 0. The molecule has 0 bridgehead atoms. The highest BCUT2D eigenvalue weighted by atomic mass is 35.5. The molecule has 160 valence electrons. The van der Waals surface area contributed by atoms with Gasteiger partial charge in [0.2, 0.25) is 5.91 Å². The maximum absolute atomic E-state index is 11.9. The lowest BCUT2D eigenvalue weighted by molar-refractivity contribution is -0.127. The molecule has 0 saturated carbocycles. The van der Waals surface area contributed by atoms with E-state index >= 15 is 0 Å².